The zero-order valence-corrected chi connectivity index (χ0v) is 10.2. The van der Waals surface area contributed by atoms with E-state index in [-0.39, 0.29) is 6.54 Å². The number of hydrogen-bond donors (Lipinski definition) is 2. The molecule has 0 aromatic heterocycles. The Hall–Kier alpha value is -0.940. The minimum Gasteiger partial charge on any atom is -0.632 e. The van der Waals surface area contributed by atoms with Crippen LogP contribution in [0.2, 0.25) is 0 Å². The number of hydroxylamine groups is 3. The molecule has 1 unspecified atom stereocenters. The third-order valence-corrected chi connectivity index (χ3v) is 3.99. The van der Waals surface area contributed by atoms with Crippen LogP contribution in [0.25, 0.3) is 0 Å². The zero-order chi connectivity index (χ0) is 12.6. The molecule has 0 radical (unpaired) electrons. The number of quaternary nitrogens is 1. The second-order valence-corrected chi connectivity index (χ2v) is 4.96. The summed E-state index contributed by atoms with van der Waals surface area (Å²) in [5, 5.41) is 32.3. The average molecular weight is 237 g/mol. The van der Waals surface area contributed by atoms with E-state index in [1.807, 2.05) is 30.3 Å². The molecule has 1 aliphatic rings. The van der Waals surface area contributed by atoms with Crippen molar-refractivity contribution in [2.75, 3.05) is 0 Å². The molecule has 0 bridgehead atoms. The number of hydrogen-bond acceptors (Lipinski definition) is 3. The second kappa shape index (κ2) is 4.38. The van der Waals surface area contributed by atoms with Gasteiger partial charge in [0.05, 0.1) is 0 Å². The van der Waals surface area contributed by atoms with Gasteiger partial charge < -0.3 is 20.1 Å². The molecule has 1 fully saturated rings. The first kappa shape index (κ1) is 12.5. The molecule has 0 amide bonds. The van der Waals surface area contributed by atoms with Gasteiger partial charge >= 0.3 is 0 Å². The molecular weight excluding hydrogens is 218 g/mol. The van der Waals surface area contributed by atoms with Crippen LogP contribution in [0.1, 0.15) is 19.4 Å². The predicted octanol–water partition coefficient (Wildman–Crippen LogP) is 1.01. The summed E-state index contributed by atoms with van der Waals surface area (Å²) >= 11 is 0. The topological polar surface area (TPSA) is 63.5 Å². The molecule has 0 spiro atoms. The van der Waals surface area contributed by atoms with Gasteiger partial charge in [0, 0.05) is 5.56 Å². The van der Waals surface area contributed by atoms with Gasteiger partial charge in [-0.3, -0.25) is 0 Å². The van der Waals surface area contributed by atoms with Crippen LogP contribution in [0, 0.1) is 5.21 Å². The molecule has 0 aliphatic carbocycles. The number of rotatable bonds is 2. The molecular formula is C13H19NO3. The monoisotopic (exact) mass is 237 g/mol. The van der Waals surface area contributed by atoms with Crippen molar-refractivity contribution in [1.82, 2.24) is 0 Å². The molecule has 4 heteroatoms. The highest BCUT2D eigenvalue weighted by atomic mass is 16.6. The van der Waals surface area contributed by atoms with E-state index >= 15 is 0 Å². The lowest BCUT2D eigenvalue weighted by Gasteiger charge is -2.47. The maximum absolute atomic E-state index is 12.8. The van der Waals surface area contributed by atoms with E-state index in [9.17, 15) is 15.4 Å². The van der Waals surface area contributed by atoms with E-state index in [1.165, 1.54) is 0 Å². The molecule has 1 saturated heterocycles. The summed E-state index contributed by atoms with van der Waals surface area (Å²) in [6.45, 7) is 3.69. The predicted molar refractivity (Wildman–Crippen MR) is 64.7 cm³/mol. The van der Waals surface area contributed by atoms with Crippen molar-refractivity contribution in [3.63, 3.8) is 0 Å². The van der Waals surface area contributed by atoms with E-state index in [0.717, 1.165) is 5.56 Å². The molecule has 0 saturated carbocycles. The molecule has 1 aromatic carbocycles. The summed E-state index contributed by atoms with van der Waals surface area (Å²) in [7, 11) is 0. The van der Waals surface area contributed by atoms with Crippen LogP contribution in [0.15, 0.2) is 30.3 Å². The number of likely N-dealkylation sites (tertiary alicyclic amines) is 1. The van der Waals surface area contributed by atoms with Crippen LogP contribution in [-0.4, -0.2) is 39.2 Å². The standard InChI is InChI=1S/C13H19NO3/c1-9-12(15)13(16)10(2)14(9,17)8-11-6-4-3-5-7-11/h3-7,9-10,12-13,15-16H,8H2,1-2H3/t9-,10+,12-,13+,14?. The fourth-order valence-corrected chi connectivity index (χ4v) is 2.62. The van der Waals surface area contributed by atoms with Crippen molar-refractivity contribution in [1.29, 1.82) is 0 Å². The average Bonchev–Trinajstić information content (AvgIpc) is 2.47. The lowest BCUT2D eigenvalue weighted by Crippen LogP contribution is -2.51. The molecule has 4 nitrogen and oxygen atoms in total. The third-order valence-electron chi connectivity index (χ3n) is 3.99. The van der Waals surface area contributed by atoms with Gasteiger partial charge in [0.1, 0.15) is 30.8 Å². The minimum atomic E-state index is -0.939. The zero-order valence-electron chi connectivity index (χ0n) is 10.2. The molecule has 2 N–H and O–H groups in total. The highest BCUT2D eigenvalue weighted by molar-refractivity contribution is 5.14. The van der Waals surface area contributed by atoms with Crippen molar-refractivity contribution < 1.29 is 14.9 Å². The summed E-state index contributed by atoms with van der Waals surface area (Å²) in [4.78, 5) is 0. The van der Waals surface area contributed by atoms with E-state index in [0.29, 0.717) is 0 Å². The van der Waals surface area contributed by atoms with Gasteiger partial charge in [-0.2, -0.15) is 0 Å². The molecule has 1 heterocycles. The van der Waals surface area contributed by atoms with Crippen LogP contribution >= 0.6 is 0 Å². The Bertz CT molecular complexity index is 368. The quantitative estimate of drug-likeness (QED) is 0.596. The van der Waals surface area contributed by atoms with Crippen molar-refractivity contribution in [3.8, 4) is 0 Å². The smallest absolute Gasteiger partial charge is 0.137 e. The Morgan fingerprint density at radius 3 is 2.00 bits per heavy atom. The number of aliphatic hydroxyl groups excluding tert-OH is 2. The third kappa shape index (κ3) is 1.98. The second-order valence-electron chi connectivity index (χ2n) is 4.96. The molecule has 1 aliphatic heterocycles. The summed E-state index contributed by atoms with van der Waals surface area (Å²) in [6.07, 6.45) is -1.88. The Kier molecular flexibility index (Phi) is 3.23. The number of aliphatic hydroxyl groups is 2. The molecule has 1 aromatic rings. The summed E-state index contributed by atoms with van der Waals surface area (Å²) in [5.74, 6) is 0. The largest absolute Gasteiger partial charge is 0.632 e. The first-order valence-electron chi connectivity index (χ1n) is 5.95. The van der Waals surface area contributed by atoms with Crippen LogP contribution in [0.4, 0.5) is 0 Å². The van der Waals surface area contributed by atoms with Gasteiger partial charge in [-0.25, -0.2) is 0 Å². The first-order valence-corrected chi connectivity index (χ1v) is 5.95. The Morgan fingerprint density at radius 1 is 1.06 bits per heavy atom. The van der Waals surface area contributed by atoms with E-state index in [4.69, 9.17) is 0 Å². The van der Waals surface area contributed by atoms with Gasteiger partial charge in [-0.05, 0) is 13.8 Å². The van der Waals surface area contributed by atoms with Crippen LogP contribution in [0.3, 0.4) is 0 Å². The van der Waals surface area contributed by atoms with E-state index in [1.54, 1.807) is 13.8 Å². The lowest BCUT2D eigenvalue weighted by atomic mass is 10.1. The van der Waals surface area contributed by atoms with E-state index in [2.05, 4.69) is 0 Å². The molecule has 94 valence electrons. The van der Waals surface area contributed by atoms with E-state index < -0.39 is 28.9 Å². The Balaban J connectivity index is 2.24. The van der Waals surface area contributed by atoms with Crippen molar-refractivity contribution in [3.05, 3.63) is 41.1 Å². The number of nitrogens with zero attached hydrogens (tertiary/aromatic N) is 1. The number of benzene rings is 1. The maximum atomic E-state index is 12.8. The summed E-state index contributed by atoms with van der Waals surface area (Å²) < 4.78 is -0.563. The molecule has 5 atom stereocenters. The van der Waals surface area contributed by atoms with Gasteiger partial charge in [-0.1, -0.05) is 30.3 Å². The Labute approximate surface area is 101 Å². The highest BCUT2D eigenvalue weighted by Gasteiger charge is 2.51. The highest BCUT2D eigenvalue weighted by Crippen LogP contribution is 2.34. The van der Waals surface area contributed by atoms with Gasteiger partial charge in [0.2, 0.25) is 0 Å². The lowest BCUT2D eigenvalue weighted by molar-refractivity contribution is -0.927. The van der Waals surface area contributed by atoms with Crippen molar-refractivity contribution in [2.45, 2.75) is 44.7 Å². The normalized spacial score (nSPS) is 41.7. The fourth-order valence-electron chi connectivity index (χ4n) is 2.62. The van der Waals surface area contributed by atoms with Crippen LogP contribution < -0.4 is 0 Å². The SMILES string of the molecule is C[C@@H]1[C@@H](O)[C@@H](O)[C@H](C)[N+]1([O-])Cc1ccccc1. The minimum absolute atomic E-state index is 0.289. The van der Waals surface area contributed by atoms with Crippen molar-refractivity contribution >= 4 is 0 Å². The first-order chi connectivity index (χ1) is 7.97. The van der Waals surface area contributed by atoms with Crippen LogP contribution in [-0.2, 0) is 6.54 Å². The summed E-state index contributed by atoms with van der Waals surface area (Å²) in [6, 6.07) is 8.47. The molecule has 17 heavy (non-hydrogen) atoms. The van der Waals surface area contributed by atoms with Crippen LogP contribution in [0.5, 0.6) is 0 Å². The van der Waals surface area contributed by atoms with Crippen molar-refractivity contribution in [2.24, 2.45) is 0 Å². The van der Waals surface area contributed by atoms with Gasteiger partial charge in [0.15, 0.2) is 0 Å². The van der Waals surface area contributed by atoms with Gasteiger partial charge in [-0.15, -0.1) is 0 Å². The molecule has 2 rings (SSSR count). The maximum Gasteiger partial charge on any atom is 0.137 e. The summed E-state index contributed by atoms with van der Waals surface area (Å²) in [5.41, 5.74) is 0.933. The fraction of sp³-hybridized carbons (Fsp3) is 0.538. The van der Waals surface area contributed by atoms with Gasteiger partial charge in [0.25, 0.3) is 0 Å². The Morgan fingerprint density at radius 2 is 1.53 bits per heavy atom.